The second kappa shape index (κ2) is 9.80. The van der Waals surface area contributed by atoms with E-state index in [4.69, 9.17) is 0 Å². The second-order valence-electron chi connectivity index (χ2n) is 9.35. The lowest BCUT2D eigenvalue weighted by molar-refractivity contribution is 0.241. The molecule has 0 radical (unpaired) electrons. The third-order valence-electron chi connectivity index (χ3n) is 6.95. The van der Waals surface area contributed by atoms with E-state index >= 15 is 0 Å². The Morgan fingerprint density at radius 1 is 0.917 bits per heavy atom. The van der Waals surface area contributed by atoms with Gasteiger partial charge in [0.1, 0.15) is 0 Å². The summed E-state index contributed by atoms with van der Waals surface area (Å²) >= 11 is 0. The van der Waals surface area contributed by atoms with E-state index in [2.05, 4.69) is 51.4 Å². The molecule has 0 fully saturated rings. The van der Waals surface area contributed by atoms with Crippen LogP contribution in [0.2, 0.25) is 0 Å². The standard InChI is InChI=1S/C31H28N4O/c36-31-24(14-13-23-8-2-1-3-9-23)18-25-20-34(21-26-19-33-29-12-5-4-11-28(26)29)17-15-30(25)35(31)22-27-10-6-7-16-32-27/h1-14,16,18-19,33H,15,17,20-22H2/b14-13+. The van der Waals surface area contributed by atoms with Crippen LogP contribution >= 0.6 is 0 Å². The minimum absolute atomic E-state index is 0.0386. The number of nitrogens with one attached hydrogen (secondary N) is 1. The molecule has 1 N–H and O–H groups in total. The first-order chi connectivity index (χ1) is 17.7. The number of hydrogen-bond acceptors (Lipinski definition) is 3. The van der Waals surface area contributed by atoms with Gasteiger partial charge in [-0.1, -0.05) is 60.7 Å². The van der Waals surface area contributed by atoms with Crippen LogP contribution in [0.1, 0.15) is 33.6 Å². The van der Waals surface area contributed by atoms with Gasteiger partial charge in [0.25, 0.3) is 5.56 Å². The first kappa shape index (κ1) is 22.3. The van der Waals surface area contributed by atoms with Crippen LogP contribution in [0, 0.1) is 0 Å². The predicted molar refractivity (Wildman–Crippen MR) is 146 cm³/mol. The van der Waals surface area contributed by atoms with Crippen molar-refractivity contribution in [3.05, 3.63) is 135 Å². The summed E-state index contributed by atoms with van der Waals surface area (Å²) < 4.78 is 1.94. The number of benzene rings is 2. The number of nitrogens with zero attached hydrogens (tertiary/aromatic N) is 3. The molecular formula is C31H28N4O. The van der Waals surface area contributed by atoms with Crippen LogP contribution in [0.4, 0.5) is 0 Å². The molecule has 1 aliphatic heterocycles. The van der Waals surface area contributed by atoms with Gasteiger partial charge in [-0.05, 0) is 47.0 Å². The summed E-state index contributed by atoms with van der Waals surface area (Å²) in [6.07, 6.45) is 8.71. The molecule has 0 bridgehead atoms. The molecular weight excluding hydrogens is 444 g/mol. The van der Waals surface area contributed by atoms with E-state index < -0.39 is 0 Å². The zero-order valence-electron chi connectivity index (χ0n) is 20.1. The first-order valence-corrected chi connectivity index (χ1v) is 12.4. The van der Waals surface area contributed by atoms with E-state index in [1.54, 1.807) is 6.20 Å². The lowest BCUT2D eigenvalue weighted by atomic mass is 10.0. The van der Waals surface area contributed by atoms with Crippen molar-refractivity contribution >= 4 is 23.1 Å². The number of aromatic nitrogens is 3. The Morgan fingerprint density at radius 2 is 1.75 bits per heavy atom. The number of hydrogen-bond donors (Lipinski definition) is 1. The lowest BCUT2D eigenvalue weighted by Crippen LogP contribution is -2.36. The summed E-state index contributed by atoms with van der Waals surface area (Å²) in [4.78, 5) is 24.0. The van der Waals surface area contributed by atoms with E-state index in [1.807, 2.05) is 65.3 Å². The molecule has 4 heterocycles. The average molecular weight is 473 g/mol. The summed E-state index contributed by atoms with van der Waals surface area (Å²) in [5.41, 5.74) is 7.53. The number of fused-ring (bicyclic) bond motifs is 2. The lowest BCUT2D eigenvalue weighted by Gasteiger charge is -2.30. The number of H-pyrrole nitrogens is 1. The Labute approximate surface area is 210 Å². The largest absolute Gasteiger partial charge is 0.361 e. The summed E-state index contributed by atoms with van der Waals surface area (Å²) in [6, 6.07) is 26.5. The molecule has 6 rings (SSSR count). The smallest absolute Gasteiger partial charge is 0.258 e. The topological polar surface area (TPSA) is 53.9 Å². The molecule has 36 heavy (non-hydrogen) atoms. The van der Waals surface area contributed by atoms with Gasteiger partial charge in [0.2, 0.25) is 0 Å². The predicted octanol–water partition coefficient (Wildman–Crippen LogP) is 5.50. The van der Waals surface area contributed by atoms with Crippen molar-refractivity contribution in [3.63, 3.8) is 0 Å². The van der Waals surface area contributed by atoms with E-state index in [-0.39, 0.29) is 5.56 Å². The molecule has 178 valence electrons. The number of aromatic amines is 1. The van der Waals surface area contributed by atoms with Crippen LogP contribution in [-0.2, 0) is 26.1 Å². The van der Waals surface area contributed by atoms with Crippen molar-refractivity contribution in [1.82, 2.24) is 19.4 Å². The summed E-state index contributed by atoms with van der Waals surface area (Å²) in [5, 5.41) is 1.27. The van der Waals surface area contributed by atoms with Crippen LogP contribution in [0.5, 0.6) is 0 Å². The highest BCUT2D eigenvalue weighted by Gasteiger charge is 2.22. The maximum atomic E-state index is 13.6. The molecule has 0 aliphatic carbocycles. The summed E-state index contributed by atoms with van der Waals surface area (Å²) in [6.45, 7) is 3.08. The fraction of sp³-hybridized carbons (Fsp3) is 0.161. The number of rotatable bonds is 6. The van der Waals surface area contributed by atoms with Crippen molar-refractivity contribution in [2.24, 2.45) is 0 Å². The van der Waals surface area contributed by atoms with Crippen LogP contribution in [-0.4, -0.2) is 26.0 Å². The summed E-state index contributed by atoms with van der Waals surface area (Å²) in [7, 11) is 0. The molecule has 0 amide bonds. The molecule has 2 aromatic carbocycles. The molecule has 0 atom stereocenters. The second-order valence-corrected chi connectivity index (χ2v) is 9.35. The van der Waals surface area contributed by atoms with Crippen LogP contribution in [0.3, 0.4) is 0 Å². The molecule has 1 aliphatic rings. The third kappa shape index (κ3) is 4.53. The normalized spacial score (nSPS) is 13.9. The van der Waals surface area contributed by atoms with Gasteiger partial charge in [-0.25, -0.2) is 0 Å². The minimum Gasteiger partial charge on any atom is -0.361 e. The van der Waals surface area contributed by atoms with Gasteiger partial charge in [-0.3, -0.25) is 14.7 Å². The van der Waals surface area contributed by atoms with Crippen molar-refractivity contribution < 1.29 is 0 Å². The van der Waals surface area contributed by atoms with Crippen molar-refractivity contribution in [1.29, 1.82) is 0 Å². The quantitative estimate of drug-likeness (QED) is 0.355. The van der Waals surface area contributed by atoms with Crippen molar-refractivity contribution in [2.45, 2.75) is 26.1 Å². The fourth-order valence-corrected chi connectivity index (χ4v) is 5.13. The molecule has 5 nitrogen and oxygen atoms in total. The Morgan fingerprint density at radius 3 is 2.61 bits per heavy atom. The van der Waals surface area contributed by atoms with Crippen LogP contribution < -0.4 is 5.56 Å². The molecule has 0 saturated carbocycles. The zero-order valence-corrected chi connectivity index (χ0v) is 20.1. The maximum absolute atomic E-state index is 13.6. The van der Waals surface area contributed by atoms with Gasteiger partial charge in [0.15, 0.2) is 0 Å². The number of pyridine rings is 2. The first-order valence-electron chi connectivity index (χ1n) is 12.4. The molecule has 0 saturated heterocycles. The van der Waals surface area contributed by atoms with Crippen molar-refractivity contribution in [2.75, 3.05) is 6.54 Å². The van der Waals surface area contributed by atoms with Crippen molar-refractivity contribution in [3.8, 4) is 0 Å². The van der Waals surface area contributed by atoms with Crippen LogP contribution in [0.15, 0.2) is 96.1 Å². The van der Waals surface area contributed by atoms with E-state index in [9.17, 15) is 4.79 Å². The average Bonchev–Trinajstić information content (AvgIpc) is 3.33. The SMILES string of the molecule is O=c1c(/C=C/c2ccccc2)cc2c(n1Cc1ccccn1)CCN(Cc1c[nH]c3ccccc13)C2. The molecule has 3 aromatic heterocycles. The van der Waals surface area contributed by atoms with Gasteiger partial charge in [-0.2, -0.15) is 0 Å². The van der Waals surface area contributed by atoms with E-state index in [0.29, 0.717) is 12.1 Å². The summed E-state index contributed by atoms with van der Waals surface area (Å²) in [5.74, 6) is 0. The zero-order chi connectivity index (χ0) is 24.3. The van der Waals surface area contributed by atoms with Crippen LogP contribution in [0.25, 0.3) is 23.1 Å². The number of para-hydroxylation sites is 1. The minimum atomic E-state index is 0.0386. The highest BCUT2D eigenvalue weighted by molar-refractivity contribution is 5.83. The van der Waals surface area contributed by atoms with Gasteiger partial charge < -0.3 is 9.55 Å². The Balaban J connectivity index is 1.35. The van der Waals surface area contributed by atoms with E-state index in [1.165, 1.54) is 22.0 Å². The maximum Gasteiger partial charge on any atom is 0.258 e. The molecule has 5 aromatic rings. The molecule has 0 spiro atoms. The third-order valence-corrected chi connectivity index (χ3v) is 6.95. The van der Waals surface area contributed by atoms with Gasteiger partial charge in [-0.15, -0.1) is 0 Å². The highest BCUT2D eigenvalue weighted by Crippen LogP contribution is 2.25. The van der Waals surface area contributed by atoms with Gasteiger partial charge in [0.05, 0.1) is 12.2 Å². The Hall–Kier alpha value is -4.22. The molecule has 5 heteroatoms. The monoisotopic (exact) mass is 472 g/mol. The van der Waals surface area contributed by atoms with Gasteiger partial charge >= 0.3 is 0 Å². The van der Waals surface area contributed by atoms with E-state index in [0.717, 1.165) is 43.0 Å². The highest BCUT2D eigenvalue weighted by atomic mass is 16.1. The van der Waals surface area contributed by atoms with Gasteiger partial charge in [0, 0.05) is 60.6 Å². The Bertz CT molecular complexity index is 1580. The Kier molecular flexibility index (Phi) is 6.06. The molecule has 0 unspecified atom stereocenters. The fourth-order valence-electron chi connectivity index (χ4n) is 5.13.